The molecule has 1 fully saturated rings. The summed E-state index contributed by atoms with van der Waals surface area (Å²) in [6, 6.07) is 23.9. The van der Waals surface area contributed by atoms with E-state index >= 15 is 0 Å². The Morgan fingerprint density at radius 2 is 1.71 bits per heavy atom. The van der Waals surface area contributed by atoms with Crippen molar-refractivity contribution in [3.8, 4) is 0 Å². The lowest BCUT2D eigenvalue weighted by atomic mass is 10.0. The van der Waals surface area contributed by atoms with Gasteiger partial charge in [0.15, 0.2) is 0 Å². The molecule has 7 rings (SSSR count). The van der Waals surface area contributed by atoms with E-state index in [-0.39, 0.29) is 0 Å². The highest BCUT2D eigenvalue weighted by Gasteiger charge is 2.52. The average Bonchev–Trinajstić information content (AvgIpc) is 3.53. The van der Waals surface area contributed by atoms with Crippen LogP contribution in [0, 0.1) is 0 Å². The minimum Gasteiger partial charge on any atom is -0.381 e. The summed E-state index contributed by atoms with van der Waals surface area (Å²) < 4.78 is 2.40. The lowest BCUT2D eigenvalue weighted by Gasteiger charge is -2.54. The van der Waals surface area contributed by atoms with Gasteiger partial charge in [-0.2, -0.15) is 5.01 Å². The second kappa shape index (κ2) is 7.75. The molecule has 1 unspecified atom stereocenters. The second-order valence-corrected chi connectivity index (χ2v) is 9.23. The van der Waals surface area contributed by atoms with Crippen LogP contribution in [-0.2, 0) is 12.3 Å². The highest BCUT2D eigenvalue weighted by atomic mass is 15.8. The number of anilines is 3. The molecule has 0 amide bonds. The summed E-state index contributed by atoms with van der Waals surface area (Å²) in [4.78, 5) is 7.24. The Kier molecular flexibility index (Phi) is 4.53. The van der Waals surface area contributed by atoms with Crippen molar-refractivity contribution in [2.45, 2.75) is 18.8 Å². The maximum Gasteiger partial charge on any atom is 0.253 e. The fourth-order valence-electron chi connectivity index (χ4n) is 6.05. The second-order valence-electron chi connectivity index (χ2n) is 9.23. The SMILES string of the molecule is c1ccc2c(c1)CCCN2C1(n2ccc3ncccc32)NCCN1N1CCNc2ccccc21. The quantitative estimate of drug-likeness (QED) is 0.494. The molecule has 0 spiro atoms. The summed E-state index contributed by atoms with van der Waals surface area (Å²) in [6.07, 6.45) is 6.33. The van der Waals surface area contributed by atoms with Crippen molar-refractivity contribution in [3.05, 3.63) is 84.7 Å². The first-order valence-corrected chi connectivity index (χ1v) is 12.3. The van der Waals surface area contributed by atoms with Crippen LogP contribution in [0.15, 0.2) is 79.1 Å². The number of fused-ring (bicyclic) bond motifs is 3. The molecule has 3 aliphatic heterocycles. The summed E-state index contributed by atoms with van der Waals surface area (Å²) in [5.41, 5.74) is 7.28. The third-order valence-electron chi connectivity index (χ3n) is 7.44. The first-order chi connectivity index (χ1) is 16.9. The van der Waals surface area contributed by atoms with Crippen LogP contribution in [0.3, 0.4) is 0 Å². The van der Waals surface area contributed by atoms with Gasteiger partial charge in [0.25, 0.3) is 5.91 Å². The van der Waals surface area contributed by atoms with Crippen LogP contribution >= 0.6 is 0 Å². The minimum absolute atomic E-state index is 0.578. The van der Waals surface area contributed by atoms with E-state index < -0.39 is 5.91 Å². The summed E-state index contributed by atoms with van der Waals surface area (Å²) in [5, 5.41) is 12.6. The van der Waals surface area contributed by atoms with Gasteiger partial charge in [-0.25, -0.2) is 0 Å². The summed E-state index contributed by atoms with van der Waals surface area (Å²) in [5.74, 6) is -0.578. The first kappa shape index (κ1) is 19.9. The Morgan fingerprint density at radius 1 is 0.824 bits per heavy atom. The molecule has 0 bridgehead atoms. The van der Waals surface area contributed by atoms with Crippen LogP contribution in [0.4, 0.5) is 17.1 Å². The van der Waals surface area contributed by atoms with Crippen LogP contribution in [0.25, 0.3) is 11.0 Å². The van der Waals surface area contributed by atoms with Gasteiger partial charge in [-0.3, -0.25) is 19.9 Å². The highest BCUT2D eigenvalue weighted by Crippen LogP contribution is 2.42. The van der Waals surface area contributed by atoms with E-state index in [2.05, 4.69) is 102 Å². The zero-order chi connectivity index (χ0) is 22.5. The van der Waals surface area contributed by atoms with Gasteiger partial charge >= 0.3 is 0 Å². The standard InChI is InChI=1S/C27H29N7/c1-3-10-24-21(7-1)8-6-17-31(24)27(32-18-13-23-25(32)12-5-14-28-23)30-16-20-34(27)33-19-15-29-22-9-2-4-11-26(22)33/h1-5,7,9-14,18,29-30H,6,8,15-17,19-20H2. The predicted octanol–water partition coefficient (Wildman–Crippen LogP) is 3.81. The van der Waals surface area contributed by atoms with Crippen LogP contribution in [0.2, 0.25) is 0 Å². The Morgan fingerprint density at radius 3 is 2.68 bits per heavy atom. The average molecular weight is 452 g/mol. The zero-order valence-electron chi connectivity index (χ0n) is 19.2. The van der Waals surface area contributed by atoms with E-state index in [0.29, 0.717) is 0 Å². The van der Waals surface area contributed by atoms with E-state index in [1.165, 1.54) is 22.6 Å². The van der Waals surface area contributed by atoms with Crippen molar-refractivity contribution in [1.29, 1.82) is 0 Å². The molecule has 1 saturated heterocycles. The Bertz CT molecular complexity index is 1350. The van der Waals surface area contributed by atoms with E-state index in [9.17, 15) is 0 Å². The molecule has 3 aliphatic rings. The molecule has 7 nitrogen and oxygen atoms in total. The molecular formula is C27H29N7. The molecule has 2 N–H and O–H groups in total. The maximum absolute atomic E-state index is 4.66. The molecule has 1 atom stereocenters. The number of hydrogen-bond donors (Lipinski definition) is 2. The molecular weight excluding hydrogens is 422 g/mol. The number of aromatic nitrogens is 2. The van der Waals surface area contributed by atoms with Gasteiger partial charge < -0.3 is 10.2 Å². The summed E-state index contributed by atoms with van der Waals surface area (Å²) in [6.45, 7) is 4.60. The largest absolute Gasteiger partial charge is 0.381 e. The van der Waals surface area contributed by atoms with Gasteiger partial charge in [0, 0.05) is 44.3 Å². The van der Waals surface area contributed by atoms with E-state index in [0.717, 1.165) is 56.6 Å². The van der Waals surface area contributed by atoms with Gasteiger partial charge in [-0.1, -0.05) is 30.3 Å². The van der Waals surface area contributed by atoms with E-state index in [1.807, 2.05) is 12.3 Å². The van der Waals surface area contributed by atoms with Crippen molar-refractivity contribution in [3.63, 3.8) is 0 Å². The molecule has 34 heavy (non-hydrogen) atoms. The Balaban J connectivity index is 1.47. The summed E-state index contributed by atoms with van der Waals surface area (Å²) >= 11 is 0. The number of nitrogens with one attached hydrogen (secondary N) is 2. The molecule has 172 valence electrons. The number of nitrogens with zero attached hydrogens (tertiary/aromatic N) is 5. The molecule has 0 aliphatic carbocycles. The number of hydrogen-bond acceptors (Lipinski definition) is 6. The monoisotopic (exact) mass is 451 g/mol. The van der Waals surface area contributed by atoms with Crippen molar-refractivity contribution >= 4 is 28.1 Å². The molecule has 2 aromatic carbocycles. The molecule has 0 radical (unpaired) electrons. The smallest absolute Gasteiger partial charge is 0.253 e. The van der Waals surface area contributed by atoms with Gasteiger partial charge in [0.05, 0.1) is 29.0 Å². The molecule has 2 aromatic heterocycles. The normalized spacial score (nSPS) is 22.5. The lowest BCUT2D eigenvalue weighted by molar-refractivity contribution is 0.0271. The van der Waals surface area contributed by atoms with Gasteiger partial charge in [0.2, 0.25) is 0 Å². The van der Waals surface area contributed by atoms with Crippen LogP contribution in [-0.4, -0.2) is 47.3 Å². The van der Waals surface area contributed by atoms with Gasteiger partial charge in [-0.05, 0) is 54.8 Å². The van der Waals surface area contributed by atoms with E-state index in [4.69, 9.17) is 0 Å². The first-order valence-electron chi connectivity index (χ1n) is 12.3. The fraction of sp³-hybridized carbons (Fsp3) is 0.296. The van der Waals surface area contributed by atoms with Gasteiger partial charge in [0.1, 0.15) is 0 Å². The number of aryl methyl sites for hydroxylation is 1. The molecule has 5 heterocycles. The number of rotatable bonds is 3. The van der Waals surface area contributed by atoms with Crippen molar-refractivity contribution in [2.24, 2.45) is 0 Å². The predicted molar refractivity (Wildman–Crippen MR) is 137 cm³/mol. The van der Waals surface area contributed by atoms with Gasteiger partial charge in [-0.15, -0.1) is 0 Å². The Labute approximate surface area is 199 Å². The van der Waals surface area contributed by atoms with Crippen molar-refractivity contribution < 1.29 is 0 Å². The molecule has 7 heteroatoms. The van der Waals surface area contributed by atoms with Crippen LogP contribution < -0.4 is 20.5 Å². The van der Waals surface area contributed by atoms with Crippen LogP contribution in [0.5, 0.6) is 0 Å². The van der Waals surface area contributed by atoms with E-state index in [1.54, 1.807) is 0 Å². The molecule has 0 saturated carbocycles. The number of benzene rings is 2. The zero-order valence-corrected chi connectivity index (χ0v) is 19.2. The Hall–Kier alpha value is -3.55. The third-order valence-corrected chi connectivity index (χ3v) is 7.44. The van der Waals surface area contributed by atoms with Crippen LogP contribution in [0.1, 0.15) is 12.0 Å². The third kappa shape index (κ3) is 2.80. The van der Waals surface area contributed by atoms with Crippen molar-refractivity contribution in [2.75, 3.05) is 47.9 Å². The number of pyridine rings is 1. The topological polar surface area (TPSA) is 51.6 Å². The molecule has 4 aromatic rings. The number of hydrazine groups is 1. The number of para-hydroxylation sites is 3. The summed E-state index contributed by atoms with van der Waals surface area (Å²) in [7, 11) is 0. The minimum atomic E-state index is -0.578. The maximum atomic E-state index is 4.66. The highest BCUT2D eigenvalue weighted by molar-refractivity contribution is 5.76. The van der Waals surface area contributed by atoms with Crippen molar-refractivity contribution in [1.82, 2.24) is 19.9 Å². The lowest BCUT2D eigenvalue weighted by Crippen LogP contribution is -2.70. The fourth-order valence-corrected chi connectivity index (χ4v) is 6.05.